The first-order valence-electron chi connectivity index (χ1n) is 5.36. The first-order valence-corrected chi connectivity index (χ1v) is 5.36. The number of hydrogen-bond acceptors (Lipinski definition) is 2. The molecular weight excluding hydrogens is 425 g/mol. The van der Waals surface area contributed by atoms with Crippen molar-refractivity contribution >= 4 is 0 Å². The van der Waals surface area contributed by atoms with Gasteiger partial charge in [0.2, 0.25) is 0 Å². The summed E-state index contributed by atoms with van der Waals surface area (Å²) in [6.45, 7) is 0. The van der Waals surface area contributed by atoms with Crippen LogP contribution in [0.1, 0.15) is 0 Å². The average Bonchev–Trinajstić information content (AvgIpc) is 2.43. The van der Waals surface area contributed by atoms with Gasteiger partial charge in [-0.25, -0.2) is 0 Å². The molecule has 0 atom stereocenters. The van der Waals surface area contributed by atoms with Gasteiger partial charge in [-0.05, 0) is 0 Å². The Labute approximate surface area is 132 Å². The first kappa shape index (κ1) is 24.3. The molecule has 0 aliphatic carbocycles. The largest absolute Gasteiger partial charge is 0.472 e. The Morgan fingerprint density at radius 3 is 1.19 bits per heavy atom. The first-order chi connectivity index (χ1) is 11.1. The Morgan fingerprint density at radius 2 is 0.885 bits per heavy atom. The molecule has 0 radical (unpaired) electrons. The molecule has 156 valence electrons. The van der Waals surface area contributed by atoms with Crippen LogP contribution in [0.3, 0.4) is 0 Å². The Balaban J connectivity index is 6.25. The van der Waals surface area contributed by atoms with Gasteiger partial charge in [-0.1, -0.05) is 0 Å². The van der Waals surface area contributed by atoms with Crippen LogP contribution >= 0.6 is 0 Å². The van der Waals surface area contributed by atoms with Crippen LogP contribution in [0.2, 0.25) is 0 Å². The van der Waals surface area contributed by atoms with E-state index in [9.17, 15) is 65.9 Å². The summed E-state index contributed by atoms with van der Waals surface area (Å²) in [5, 5.41) is 0. The fourth-order valence-corrected chi connectivity index (χ4v) is 1.05. The van der Waals surface area contributed by atoms with Gasteiger partial charge in [0.25, 0.3) is 0 Å². The Kier molecular flexibility index (Phi) is 6.04. The molecule has 0 unspecified atom stereocenters. The zero-order chi connectivity index (χ0) is 21.6. The van der Waals surface area contributed by atoms with E-state index in [0.29, 0.717) is 0 Å². The highest BCUT2D eigenvalue weighted by Crippen LogP contribution is 2.60. The van der Waals surface area contributed by atoms with Crippen LogP contribution in [0.15, 0.2) is 12.0 Å². The van der Waals surface area contributed by atoms with E-state index in [1.54, 1.807) is 0 Å². The molecule has 0 fully saturated rings. The summed E-state index contributed by atoms with van der Waals surface area (Å²) in [4.78, 5) is 0. The minimum atomic E-state index is -8.17. The fraction of sp³-hybridized carbons (Fsp3) is 0.778. The van der Waals surface area contributed by atoms with Gasteiger partial charge in [0.05, 0.1) is 7.11 Å². The van der Waals surface area contributed by atoms with E-state index in [2.05, 4.69) is 4.74 Å². The molecule has 0 saturated heterocycles. The maximum absolute atomic E-state index is 13.0. The lowest BCUT2D eigenvalue weighted by Crippen LogP contribution is -2.70. The molecule has 0 aromatic carbocycles. The second-order valence-corrected chi connectivity index (χ2v) is 4.17. The molecule has 0 aromatic rings. The Morgan fingerprint density at radius 1 is 0.538 bits per heavy atom. The summed E-state index contributed by atoms with van der Waals surface area (Å²) in [6.07, 6.45) is -14.8. The third-order valence-corrected chi connectivity index (χ3v) is 2.46. The molecule has 26 heavy (non-hydrogen) atoms. The molecule has 0 heterocycles. The monoisotopic (exact) mass is 428 g/mol. The Bertz CT molecular complexity index is 546. The standard InChI is InChI=1S/C9H3F15O2/c1-25-2(10)3(11)26-9(23,24)7(18,19)5(14,15)4(12,13)6(16,17)8(20,21)22/h1H3/b3-2-. The second kappa shape index (κ2) is 6.47. The number of rotatable bonds is 7. The molecule has 0 saturated carbocycles. The van der Waals surface area contributed by atoms with Crippen molar-refractivity contribution in [3.63, 3.8) is 0 Å². The highest BCUT2D eigenvalue weighted by Gasteiger charge is 2.91. The van der Waals surface area contributed by atoms with Crippen LogP contribution in [-0.4, -0.2) is 43.1 Å². The highest BCUT2D eigenvalue weighted by molar-refractivity contribution is 5.09. The van der Waals surface area contributed by atoms with Crippen molar-refractivity contribution in [2.75, 3.05) is 7.11 Å². The van der Waals surface area contributed by atoms with Crippen molar-refractivity contribution in [3.8, 4) is 0 Å². The fourth-order valence-electron chi connectivity index (χ4n) is 1.05. The van der Waals surface area contributed by atoms with E-state index in [1.807, 2.05) is 4.74 Å². The maximum atomic E-state index is 13.0. The van der Waals surface area contributed by atoms with Crippen molar-refractivity contribution in [2.24, 2.45) is 0 Å². The van der Waals surface area contributed by atoms with Gasteiger partial charge in [-0.3, -0.25) is 0 Å². The van der Waals surface area contributed by atoms with Gasteiger partial charge < -0.3 is 9.47 Å². The molecule has 0 amide bonds. The lowest BCUT2D eigenvalue weighted by Gasteiger charge is -2.38. The Hall–Kier alpha value is -1.71. The van der Waals surface area contributed by atoms with E-state index in [4.69, 9.17) is 0 Å². The molecule has 0 spiro atoms. The molecule has 0 rings (SSSR count). The van der Waals surface area contributed by atoms with Crippen LogP contribution in [-0.2, 0) is 9.47 Å². The van der Waals surface area contributed by atoms with Gasteiger partial charge in [0.15, 0.2) is 0 Å². The van der Waals surface area contributed by atoms with Crippen LogP contribution < -0.4 is 0 Å². The minimum absolute atomic E-state index is 0.154. The van der Waals surface area contributed by atoms with E-state index in [0.717, 1.165) is 0 Å². The number of alkyl halides is 13. The zero-order valence-corrected chi connectivity index (χ0v) is 11.5. The highest BCUT2D eigenvalue weighted by atomic mass is 19.4. The third kappa shape index (κ3) is 3.43. The van der Waals surface area contributed by atoms with Gasteiger partial charge >= 0.3 is 48.0 Å². The van der Waals surface area contributed by atoms with Crippen molar-refractivity contribution in [1.29, 1.82) is 0 Å². The van der Waals surface area contributed by atoms with Gasteiger partial charge in [-0.15, -0.1) is 0 Å². The van der Waals surface area contributed by atoms with Crippen molar-refractivity contribution in [2.45, 2.75) is 36.0 Å². The topological polar surface area (TPSA) is 18.5 Å². The van der Waals surface area contributed by atoms with Crippen LogP contribution in [0.25, 0.3) is 0 Å². The minimum Gasteiger partial charge on any atom is -0.470 e. The van der Waals surface area contributed by atoms with Crippen LogP contribution in [0, 0.1) is 0 Å². The molecule has 0 aliphatic heterocycles. The summed E-state index contributed by atoms with van der Waals surface area (Å²) < 4.78 is 193. The average molecular weight is 428 g/mol. The van der Waals surface area contributed by atoms with Crippen molar-refractivity contribution < 1.29 is 75.3 Å². The van der Waals surface area contributed by atoms with Crippen LogP contribution in [0.4, 0.5) is 65.9 Å². The van der Waals surface area contributed by atoms with E-state index < -0.39 is 48.0 Å². The SMILES string of the molecule is CO/C(F)=C(/F)OC(F)(F)C(F)(F)C(F)(F)C(F)(F)C(F)(F)C(F)(F)F. The van der Waals surface area contributed by atoms with E-state index in [1.165, 1.54) is 0 Å². The zero-order valence-electron chi connectivity index (χ0n) is 11.5. The molecule has 17 heteroatoms. The predicted molar refractivity (Wildman–Crippen MR) is 48.1 cm³/mol. The van der Waals surface area contributed by atoms with Crippen molar-refractivity contribution in [3.05, 3.63) is 12.0 Å². The van der Waals surface area contributed by atoms with Gasteiger partial charge in [-0.2, -0.15) is 65.9 Å². The van der Waals surface area contributed by atoms with E-state index >= 15 is 0 Å². The van der Waals surface area contributed by atoms with E-state index in [-0.39, 0.29) is 7.11 Å². The molecule has 0 aromatic heterocycles. The number of methoxy groups -OCH3 is 1. The smallest absolute Gasteiger partial charge is 0.470 e. The second-order valence-electron chi connectivity index (χ2n) is 4.17. The lowest BCUT2D eigenvalue weighted by atomic mass is 9.97. The predicted octanol–water partition coefficient (Wildman–Crippen LogP) is 5.41. The number of ether oxygens (including phenoxy) is 2. The van der Waals surface area contributed by atoms with Gasteiger partial charge in [0.1, 0.15) is 0 Å². The summed E-state index contributed by atoms with van der Waals surface area (Å²) >= 11 is 0. The number of hydrogen-bond donors (Lipinski definition) is 0. The third-order valence-electron chi connectivity index (χ3n) is 2.46. The van der Waals surface area contributed by atoms with Crippen molar-refractivity contribution in [1.82, 2.24) is 0 Å². The normalized spacial score (nSPS) is 16.3. The van der Waals surface area contributed by atoms with Gasteiger partial charge in [0, 0.05) is 0 Å². The molecule has 0 bridgehead atoms. The summed E-state index contributed by atoms with van der Waals surface area (Å²) in [5.74, 6) is -32.2. The maximum Gasteiger partial charge on any atom is 0.472 e. The molecule has 2 nitrogen and oxygen atoms in total. The van der Waals surface area contributed by atoms with Crippen LogP contribution in [0.5, 0.6) is 0 Å². The summed E-state index contributed by atoms with van der Waals surface area (Å²) in [7, 11) is 0.154. The number of halogens is 15. The molecular formula is C9H3F15O2. The lowest BCUT2D eigenvalue weighted by molar-refractivity contribution is -0.463. The summed E-state index contributed by atoms with van der Waals surface area (Å²) in [6, 6.07) is -6.44. The molecule has 0 aliphatic rings. The molecule has 0 N–H and O–H groups in total. The quantitative estimate of drug-likeness (QED) is 0.399. The summed E-state index contributed by atoms with van der Waals surface area (Å²) in [5.41, 5.74) is 0.